The molecule has 0 spiro atoms. The third kappa shape index (κ3) is 5.85. The number of hydrogen-bond donors (Lipinski definition) is 3. The van der Waals surface area contributed by atoms with Crippen LogP contribution < -0.4 is 5.32 Å². The van der Waals surface area contributed by atoms with Gasteiger partial charge in [0.05, 0.1) is 6.10 Å². The van der Waals surface area contributed by atoms with Crippen LogP contribution in [0.2, 0.25) is 0 Å². The molecule has 0 bridgehead atoms. The highest BCUT2D eigenvalue weighted by Crippen LogP contribution is 2.22. The number of aliphatic hydroxyl groups excluding tert-OH is 2. The van der Waals surface area contributed by atoms with E-state index in [2.05, 4.69) is 5.32 Å². The molecule has 134 valence electrons. The summed E-state index contributed by atoms with van der Waals surface area (Å²) in [6.45, 7) is 1.96. The molecular formula is C19H22FNO4. The zero-order chi connectivity index (χ0) is 18.2. The van der Waals surface area contributed by atoms with Crippen LogP contribution in [0.1, 0.15) is 29.2 Å². The number of amides is 1. The van der Waals surface area contributed by atoms with Gasteiger partial charge in [-0.25, -0.2) is 9.18 Å². The first-order valence-electron chi connectivity index (χ1n) is 8.04. The minimum atomic E-state index is -1.15. The Morgan fingerprint density at radius 2 is 1.92 bits per heavy atom. The van der Waals surface area contributed by atoms with Crippen LogP contribution in [-0.4, -0.2) is 29.0 Å². The average Bonchev–Trinajstić information content (AvgIpc) is 2.60. The van der Waals surface area contributed by atoms with Crippen LogP contribution in [0.5, 0.6) is 0 Å². The Hall–Kier alpha value is -2.44. The molecule has 0 aliphatic heterocycles. The van der Waals surface area contributed by atoms with Gasteiger partial charge in [-0.1, -0.05) is 36.4 Å². The van der Waals surface area contributed by atoms with Crippen LogP contribution in [0.15, 0.2) is 48.5 Å². The molecule has 1 amide bonds. The number of nitrogens with one attached hydrogen (secondary N) is 1. The molecule has 25 heavy (non-hydrogen) atoms. The Morgan fingerprint density at radius 3 is 2.60 bits per heavy atom. The quantitative estimate of drug-likeness (QED) is 0.720. The van der Waals surface area contributed by atoms with Gasteiger partial charge in [0.25, 0.3) is 0 Å². The summed E-state index contributed by atoms with van der Waals surface area (Å²) in [6, 6.07) is 13.2. The van der Waals surface area contributed by atoms with Crippen molar-refractivity contribution < 1.29 is 24.1 Å². The number of aliphatic hydroxyl groups is 2. The first-order chi connectivity index (χ1) is 12.0. The van der Waals surface area contributed by atoms with Crippen molar-refractivity contribution in [2.75, 3.05) is 6.54 Å². The Balaban J connectivity index is 1.74. The van der Waals surface area contributed by atoms with E-state index < -0.39 is 24.1 Å². The highest BCUT2D eigenvalue weighted by atomic mass is 19.1. The smallest absolute Gasteiger partial charge is 0.407 e. The Morgan fingerprint density at radius 1 is 1.20 bits per heavy atom. The molecule has 2 atom stereocenters. The molecule has 2 aromatic rings. The zero-order valence-corrected chi connectivity index (χ0v) is 14.0. The maximum absolute atomic E-state index is 13.1. The fourth-order valence-corrected chi connectivity index (χ4v) is 2.43. The molecule has 2 unspecified atom stereocenters. The van der Waals surface area contributed by atoms with Crippen molar-refractivity contribution in [2.24, 2.45) is 0 Å². The van der Waals surface area contributed by atoms with Crippen LogP contribution in [-0.2, 0) is 11.3 Å². The predicted molar refractivity (Wildman–Crippen MR) is 91.4 cm³/mol. The van der Waals surface area contributed by atoms with Crippen molar-refractivity contribution in [1.82, 2.24) is 5.32 Å². The molecule has 0 aromatic heterocycles. The summed E-state index contributed by atoms with van der Waals surface area (Å²) in [7, 11) is 0. The maximum Gasteiger partial charge on any atom is 0.407 e. The van der Waals surface area contributed by atoms with E-state index in [1.54, 1.807) is 6.92 Å². The van der Waals surface area contributed by atoms with Crippen molar-refractivity contribution in [2.45, 2.75) is 32.2 Å². The van der Waals surface area contributed by atoms with Gasteiger partial charge in [0, 0.05) is 6.54 Å². The number of rotatable bonds is 7. The SMILES string of the molecule is Cc1cc(F)ccc1C(O)C(O)CCNC(=O)OCc1ccccc1. The van der Waals surface area contributed by atoms with Gasteiger partial charge < -0.3 is 20.3 Å². The van der Waals surface area contributed by atoms with Crippen molar-refractivity contribution >= 4 is 6.09 Å². The van der Waals surface area contributed by atoms with E-state index in [9.17, 15) is 19.4 Å². The van der Waals surface area contributed by atoms with E-state index in [0.717, 1.165) is 5.56 Å². The van der Waals surface area contributed by atoms with Gasteiger partial charge >= 0.3 is 6.09 Å². The summed E-state index contributed by atoms with van der Waals surface area (Å²) in [5, 5.41) is 22.7. The second-order valence-electron chi connectivity index (χ2n) is 5.79. The van der Waals surface area contributed by atoms with Gasteiger partial charge in [-0.05, 0) is 42.2 Å². The summed E-state index contributed by atoms with van der Waals surface area (Å²) in [6.07, 6.45) is -2.69. The molecule has 0 aliphatic carbocycles. The Bertz CT molecular complexity index is 693. The number of hydrogen-bond acceptors (Lipinski definition) is 4. The zero-order valence-electron chi connectivity index (χ0n) is 14.0. The molecule has 0 radical (unpaired) electrons. The largest absolute Gasteiger partial charge is 0.445 e. The van der Waals surface area contributed by atoms with Gasteiger partial charge in [-0.15, -0.1) is 0 Å². The second-order valence-corrected chi connectivity index (χ2v) is 5.79. The number of ether oxygens (including phenoxy) is 1. The van der Waals surface area contributed by atoms with Crippen molar-refractivity contribution in [1.29, 1.82) is 0 Å². The van der Waals surface area contributed by atoms with E-state index in [-0.39, 0.29) is 19.6 Å². The summed E-state index contributed by atoms with van der Waals surface area (Å²) in [5.41, 5.74) is 1.89. The second kappa shape index (κ2) is 9.15. The number of alkyl carbamates (subject to hydrolysis) is 1. The van der Waals surface area contributed by atoms with Crippen molar-refractivity contribution in [3.05, 3.63) is 71.0 Å². The van der Waals surface area contributed by atoms with Gasteiger partial charge in [-0.2, -0.15) is 0 Å². The lowest BCUT2D eigenvalue weighted by Crippen LogP contribution is -2.30. The van der Waals surface area contributed by atoms with Crippen LogP contribution in [0, 0.1) is 12.7 Å². The predicted octanol–water partition coefficient (Wildman–Crippen LogP) is 2.84. The van der Waals surface area contributed by atoms with Crippen LogP contribution in [0.25, 0.3) is 0 Å². The van der Waals surface area contributed by atoms with E-state index in [1.807, 2.05) is 30.3 Å². The standard InChI is InChI=1S/C19H22FNO4/c1-13-11-15(20)7-8-16(13)18(23)17(22)9-10-21-19(24)25-12-14-5-3-2-4-6-14/h2-8,11,17-18,22-23H,9-10,12H2,1H3,(H,21,24). The van der Waals surface area contributed by atoms with Gasteiger partial charge in [0.15, 0.2) is 0 Å². The van der Waals surface area contributed by atoms with E-state index in [4.69, 9.17) is 4.74 Å². The molecule has 3 N–H and O–H groups in total. The highest BCUT2D eigenvalue weighted by Gasteiger charge is 2.20. The molecule has 2 rings (SSSR count). The summed E-state index contributed by atoms with van der Waals surface area (Å²) >= 11 is 0. The van der Waals surface area contributed by atoms with E-state index in [0.29, 0.717) is 11.1 Å². The normalized spacial score (nSPS) is 13.1. The van der Waals surface area contributed by atoms with Gasteiger partial charge in [0.2, 0.25) is 0 Å². The third-order valence-corrected chi connectivity index (χ3v) is 3.84. The first-order valence-corrected chi connectivity index (χ1v) is 8.04. The van der Waals surface area contributed by atoms with Crippen LogP contribution in [0.3, 0.4) is 0 Å². The number of aryl methyl sites for hydroxylation is 1. The minimum absolute atomic E-state index is 0.137. The number of benzene rings is 2. The molecule has 6 heteroatoms. The molecular weight excluding hydrogens is 325 g/mol. The van der Waals surface area contributed by atoms with Gasteiger partial charge in [0.1, 0.15) is 18.5 Å². The van der Waals surface area contributed by atoms with E-state index in [1.165, 1.54) is 18.2 Å². The molecule has 5 nitrogen and oxygen atoms in total. The fourth-order valence-electron chi connectivity index (χ4n) is 2.43. The van der Waals surface area contributed by atoms with Gasteiger partial charge in [-0.3, -0.25) is 0 Å². The lowest BCUT2D eigenvalue weighted by atomic mass is 9.98. The first kappa shape index (κ1) is 18.9. The van der Waals surface area contributed by atoms with Crippen molar-refractivity contribution in [3.63, 3.8) is 0 Å². The Kier molecular flexibility index (Phi) is 6.91. The minimum Gasteiger partial charge on any atom is -0.445 e. The fraction of sp³-hybridized carbons (Fsp3) is 0.316. The number of halogens is 1. The Labute approximate surface area is 146 Å². The lowest BCUT2D eigenvalue weighted by Gasteiger charge is -2.20. The van der Waals surface area contributed by atoms with Crippen LogP contribution >= 0.6 is 0 Å². The third-order valence-electron chi connectivity index (χ3n) is 3.84. The molecule has 0 fully saturated rings. The monoisotopic (exact) mass is 347 g/mol. The molecule has 0 aliphatic rings. The summed E-state index contributed by atoms with van der Waals surface area (Å²) in [4.78, 5) is 11.6. The summed E-state index contributed by atoms with van der Waals surface area (Å²) in [5.74, 6) is -0.397. The summed E-state index contributed by atoms with van der Waals surface area (Å²) < 4.78 is 18.1. The average molecular weight is 347 g/mol. The number of carbonyl (C=O) groups excluding carboxylic acids is 1. The lowest BCUT2D eigenvalue weighted by molar-refractivity contribution is 0.0132. The molecule has 0 saturated carbocycles. The van der Waals surface area contributed by atoms with Crippen LogP contribution in [0.4, 0.5) is 9.18 Å². The molecule has 0 saturated heterocycles. The molecule has 2 aromatic carbocycles. The number of carbonyl (C=O) groups is 1. The molecule has 0 heterocycles. The topological polar surface area (TPSA) is 78.8 Å². The highest BCUT2D eigenvalue weighted by molar-refractivity contribution is 5.67. The van der Waals surface area contributed by atoms with E-state index >= 15 is 0 Å². The van der Waals surface area contributed by atoms with Crippen molar-refractivity contribution in [3.8, 4) is 0 Å². The maximum atomic E-state index is 13.1.